The third-order valence-corrected chi connectivity index (χ3v) is 8.22. The van der Waals surface area contributed by atoms with E-state index in [0.29, 0.717) is 28.4 Å². The van der Waals surface area contributed by atoms with Crippen LogP contribution in [0.4, 0.5) is 5.69 Å². The number of anilines is 1. The third-order valence-electron chi connectivity index (χ3n) is 4.89. The Bertz CT molecular complexity index is 564. The van der Waals surface area contributed by atoms with Gasteiger partial charge in [-0.1, -0.05) is 19.3 Å². The Morgan fingerprint density at radius 1 is 1.10 bits per heavy atom. The Balaban J connectivity index is 1.71. The van der Waals surface area contributed by atoms with E-state index in [-0.39, 0.29) is 0 Å². The fourth-order valence-electron chi connectivity index (χ4n) is 3.60. The van der Waals surface area contributed by atoms with Crippen molar-refractivity contribution >= 4 is 27.0 Å². The summed E-state index contributed by atoms with van der Waals surface area (Å²) in [4.78, 5) is 0. The summed E-state index contributed by atoms with van der Waals surface area (Å²) in [5.41, 5.74) is 6.61. The highest BCUT2D eigenvalue weighted by molar-refractivity contribution is 7.91. The Morgan fingerprint density at radius 2 is 1.75 bits per heavy atom. The van der Waals surface area contributed by atoms with Crippen LogP contribution in [0.5, 0.6) is 0 Å². The molecule has 112 valence electrons. The SMILES string of the molecule is Nc1csc(S(=O)(=O)N2CCC3(CCCCC3)CC2)c1. The molecule has 1 aromatic rings. The van der Waals surface area contributed by atoms with Gasteiger partial charge in [0.15, 0.2) is 0 Å². The van der Waals surface area contributed by atoms with E-state index in [4.69, 9.17) is 5.73 Å². The van der Waals surface area contributed by atoms with Gasteiger partial charge in [-0.15, -0.1) is 11.3 Å². The van der Waals surface area contributed by atoms with E-state index in [0.717, 1.165) is 12.8 Å². The molecule has 1 aliphatic carbocycles. The van der Waals surface area contributed by atoms with Gasteiger partial charge in [-0.25, -0.2) is 8.42 Å². The van der Waals surface area contributed by atoms with E-state index in [1.54, 1.807) is 15.8 Å². The molecule has 3 rings (SSSR count). The summed E-state index contributed by atoms with van der Waals surface area (Å²) >= 11 is 1.22. The fourth-order valence-corrected chi connectivity index (χ4v) is 6.27. The maximum absolute atomic E-state index is 12.6. The number of rotatable bonds is 2. The smallest absolute Gasteiger partial charge is 0.252 e. The minimum atomic E-state index is -3.32. The minimum Gasteiger partial charge on any atom is -0.398 e. The second-order valence-electron chi connectivity index (χ2n) is 6.16. The average Bonchev–Trinajstić information content (AvgIpc) is 2.88. The highest BCUT2D eigenvalue weighted by Gasteiger charge is 2.39. The second kappa shape index (κ2) is 5.31. The number of nitrogens with zero attached hydrogens (tertiary/aromatic N) is 1. The molecule has 0 atom stereocenters. The van der Waals surface area contributed by atoms with Gasteiger partial charge >= 0.3 is 0 Å². The van der Waals surface area contributed by atoms with Gasteiger partial charge in [-0.2, -0.15) is 4.31 Å². The number of nitrogen functional groups attached to an aromatic ring is 1. The molecular formula is C14H22N2O2S2. The van der Waals surface area contributed by atoms with E-state index in [2.05, 4.69) is 0 Å². The van der Waals surface area contributed by atoms with Crippen molar-refractivity contribution in [2.45, 2.75) is 49.2 Å². The van der Waals surface area contributed by atoms with Gasteiger partial charge in [-0.05, 0) is 37.2 Å². The number of hydrogen-bond acceptors (Lipinski definition) is 4. The number of piperidine rings is 1. The van der Waals surface area contributed by atoms with E-state index < -0.39 is 10.0 Å². The lowest BCUT2D eigenvalue weighted by Crippen LogP contribution is -2.43. The van der Waals surface area contributed by atoms with Crippen LogP contribution in [-0.4, -0.2) is 25.8 Å². The summed E-state index contributed by atoms with van der Waals surface area (Å²) in [5.74, 6) is 0. The van der Waals surface area contributed by atoms with Crippen molar-refractivity contribution in [3.8, 4) is 0 Å². The number of nitrogens with two attached hydrogens (primary N) is 1. The van der Waals surface area contributed by atoms with E-state index in [9.17, 15) is 8.42 Å². The van der Waals surface area contributed by atoms with Crippen molar-refractivity contribution < 1.29 is 8.42 Å². The van der Waals surface area contributed by atoms with Crippen LogP contribution >= 0.6 is 11.3 Å². The summed E-state index contributed by atoms with van der Waals surface area (Å²) in [7, 11) is -3.32. The number of hydrogen-bond donors (Lipinski definition) is 1. The molecule has 6 heteroatoms. The van der Waals surface area contributed by atoms with E-state index in [1.165, 1.54) is 43.4 Å². The lowest BCUT2D eigenvalue weighted by Gasteiger charge is -2.43. The van der Waals surface area contributed by atoms with Crippen LogP contribution in [0.1, 0.15) is 44.9 Å². The molecule has 20 heavy (non-hydrogen) atoms. The molecule has 2 fully saturated rings. The summed E-state index contributed by atoms with van der Waals surface area (Å²) in [6.45, 7) is 1.33. The number of sulfonamides is 1. The Kier molecular flexibility index (Phi) is 3.81. The average molecular weight is 314 g/mol. The van der Waals surface area contributed by atoms with Gasteiger partial charge in [-0.3, -0.25) is 0 Å². The van der Waals surface area contributed by atoms with E-state index in [1.807, 2.05) is 0 Å². The molecule has 2 N–H and O–H groups in total. The highest BCUT2D eigenvalue weighted by Crippen LogP contribution is 2.45. The third kappa shape index (κ3) is 2.61. The molecular weight excluding hydrogens is 292 g/mol. The molecule has 0 unspecified atom stereocenters. The molecule has 0 radical (unpaired) electrons. The van der Waals surface area contributed by atoms with Crippen LogP contribution in [0.25, 0.3) is 0 Å². The molecule has 0 aromatic carbocycles. The molecule has 0 amide bonds. The molecule has 4 nitrogen and oxygen atoms in total. The van der Waals surface area contributed by atoms with E-state index >= 15 is 0 Å². The summed E-state index contributed by atoms with van der Waals surface area (Å²) in [6, 6.07) is 1.57. The Hall–Kier alpha value is -0.590. The maximum atomic E-state index is 12.6. The maximum Gasteiger partial charge on any atom is 0.252 e. The normalized spacial score (nSPS) is 24.0. The molecule has 1 aromatic heterocycles. The molecule has 2 aliphatic rings. The van der Waals surface area contributed by atoms with Crippen LogP contribution in [0.2, 0.25) is 0 Å². The summed E-state index contributed by atoms with van der Waals surface area (Å²) in [5, 5.41) is 1.69. The van der Waals surface area contributed by atoms with Gasteiger partial charge in [0.1, 0.15) is 4.21 Å². The van der Waals surface area contributed by atoms with Gasteiger partial charge in [0.25, 0.3) is 10.0 Å². The van der Waals surface area contributed by atoms with Crippen LogP contribution in [-0.2, 0) is 10.0 Å². The van der Waals surface area contributed by atoms with Crippen molar-refractivity contribution in [2.24, 2.45) is 5.41 Å². The van der Waals surface area contributed by atoms with Crippen molar-refractivity contribution in [1.29, 1.82) is 0 Å². The predicted molar refractivity (Wildman–Crippen MR) is 82.2 cm³/mol. The lowest BCUT2D eigenvalue weighted by atomic mass is 9.68. The molecule has 1 saturated heterocycles. The lowest BCUT2D eigenvalue weighted by molar-refractivity contribution is 0.102. The van der Waals surface area contributed by atoms with Crippen molar-refractivity contribution in [3.05, 3.63) is 11.4 Å². The minimum absolute atomic E-state index is 0.384. The van der Waals surface area contributed by atoms with Gasteiger partial charge in [0, 0.05) is 24.2 Å². The van der Waals surface area contributed by atoms with Crippen LogP contribution < -0.4 is 5.73 Å². The largest absolute Gasteiger partial charge is 0.398 e. The zero-order valence-corrected chi connectivity index (χ0v) is 13.3. The summed E-state index contributed by atoms with van der Waals surface area (Å²) < 4.78 is 27.1. The van der Waals surface area contributed by atoms with Crippen molar-refractivity contribution in [2.75, 3.05) is 18.8 Å². The predicted octanol–water partition coefficient (Wildman–Crippen LogP) is 3.07. The molecule has 2 heterocycles. The first-order chi connectivity index (χ1) is 9.52. The highest BCUT2D eigenvalue weighted by atomic mass is 32.2. The molecule has 0 bridgehead atoms. The van der Waals surface area contributed by atoms with Gasteiger partial charge < -0.3 is 5.73 Å². The van der Waals surface area contributed by atoms with Crippen LogP contribution in [0.15, 0.2) is 15.7 Å². The first-order valence-electron chi connectivity index (χ1n) is 7.36. The topological polar surface area (TPSA) is 63.4 Å². The van der Waals surface area contributed by atoms with Gasteiger partial charge in [0.05, 0.1) is 0 Å². The van der Waals surface area contributed by atoms with Crippen LogP contribution in [0.3, 0.4) is 0 Å². The second-order valence-corrected chi connectivity index (χ2v) is 9.24. The molecule has 1 spiro atoms. The molecule has 1 saturated carbocycles. The van der Waals surface area contributed by atoms with Gasteiger partial charge in [0.2, 0.25) is 0 Å². The Labute approximate surface area is 125 Å². The van der Waals surface area contributed by atoms with Crippen LogP contribution in [0, 0.1) is 5.41 Å². The van der Waals surface area contributed by atoms with Crippen molar-refractivity contribution in [3.63, 3.8) is 0 Å². The zero-order chi connectivity index (χ0) is 14.2. The quantitative estimate of drug-likeness (QED) is 0.912. The first kappa shape index (κ1) is 14.4. The zero-order valence-electron chi connectivity index (χ0n) is 11.7. The summed E-state index contributed by atoms with van der Waals surface area (Å²) in [6.07, 6.45) is 8.58. The monoisotopic (exact) mass is 314 g/mol. The standard InChI is InChI=1S/C14H22N2O2S2/c15-12-10-13(19-11-12)20(17,18)16-8-6-14(7-9-16)4-2-1-3-5-14/h10-11H,1-9,15H2. The van der Waals surface area contributed by atoms with Crippen molar-refractivity contribution in [1.82, 2.24) is 4.31 Å². The Morgan fingerprint density at radius 3 is 2.30 bits per heavy atom. The fraction of sp³-hybridized carbons (Fsp3) is 0.714. The first-order valence-corrected chi connectivity index (χ1v) is 9.68. The number of thiophene rings is 1. The molecule has 1 aliphatic heterocycles.